The second-order valence-corrected chi connectivity index (χ2v) is 5.41. The molecule has 22 heavy (non-hydrogen) atoms. The Hall–Kier alpha value is -2.43. The lowest BCUT2D eigenvalue weighted by Crippen LogP contribution is -2.24. The van der Waals surface area contributed by atoms with Crippen molar-refractivity contribution in [3.05, 3.63) is 47.3 Å². The number of rotatable bonds is 6. The van der Waals surface area contributed by atoms with Crippen LogP contribution in [0.25, 0.3) is 0 Å². The average Bonchev–Trinajstić information content (AvgIpc) is 2.47. The molecule has 0 aliphatic carbocycles. The molecule has 2 N–H and O–H groups in total. The highest BCUT2D eigenvalue weighted by Crippen LogP contribution is 2.16. The molecule has 0 saturated heterocycles. The normalized spacial score (nSPS) is 10.3. The monoisotopic (exact) mass is 298 g/mol. The van der Waals surface area contributed by atoms with Crippen molar-refractivity contribution in [1.82, 2.24) is 15.3 Å². The molecule has 0 atom stereocenters. The Labute approximate surface area is 131 Å². The minimum Gasteiger partial charge on any atom is -0.352 e. The number of unbranched alkanes of at least 4 members (excludes halogenated alkanes) is 1. The predicted molar refractivity (Wildman–Crippen MR) is 88.5 cm³/mol. The number of aromatic nitrogens is 2. The van der Waals surface area contributed by atoms with Crippen LogP contribution in [0.5, 0.6) is 0 Å². The van der Waals surface area contributed by atoms with Gasteiger partial charge in [-0.25, -0.2) is 9.97 Å². The highest BCUT2D eigenvalue weighted by atomic mass is 16.1. The van der Waals surface area contributed by atoms with E-state index in [1.807, 2.05) is 26.0 Å². The maximum Gasteiger partial charge on any atom is 0.254 e. The van der Waals surface area contributed by atoms with Gasteiger partial charge < -0.3 is 10.6 Å². The summed E-state index contributed by atoms with van der Waals surface area (Å²) < 4.78 is 0. The van der Waals surface area contributed by atoms with Gasteiger partial charge in [-0.05, 0) is 43.5 Å². The number of anilines is 2. The zero-order valence-electron chi connectivity index (χ0n) is 13.3. The first-order chi connectivity index (χ1) is 10.6. The van der Waals surface area contributed by atoms with Crippen molar-refractivity contribution < 1.29 is 4.79 Å². The molecule has 1 aromatic carbocycles. The number of amides is 1. The first-order valence-corrected chi connectivity index (χ1v) is 7.54. The van der Waals surface area contributed by atoms with Gasteiger partial charge in [0.2, 0.25) is 5.95 Å². The van der Waals surface area contributed by atoms with E-state index in [1.54, 1.807) is 12.4 Å². The fraction of sp³-hybridized carbons (Fsp3) is 0.353. The van der Waals surface area contributed by atoms with Crippen LogP contribution in [-0.4, -0.2) is 22.4 Å². The van der Waals surface area contributed by atoms with Crippen molar-refractivity contribution in [1.29, 1.82) is 0 Å². The number of hydrogen-bond acceptors (Lipinski definition) is 4. The van der Waals surface area contributed by atoms with E-state index in [-0.39, 0.29) is 5.91 Å². The van der Waals surface area contributed by atoms with E-state index in [4.69, 9.17) is 0 Å². The summed E-state index contributed by atoms with van der Waals surface area (Å²) >= 11 is 0. The highest BCUT2D eigenvalue weighted by Gasteiger charge is 2.06. The lowest BCUT2D eigenvalue weighted by molar-refractivity contribution is 0.0952. The standard InChI is InChI=1S/C17H22N4O/c1-4-5-6-18-16(22)14-10-19-17(20-11-14)21-15-8-12(2)7-13(3)9-15/h7-11H,4-6H2,1-3H3,(H,18,22)(H,19,20,21). The van der Waals surface area contributed by atoms with Crippen molar-refractivity contribution in [3.8, 4) is 0 Å². The summed E-state index contributed by atoms with van der Waals surface area (Å²) in [5, 5.41) is 5.99. The molecule has 0 fully saturated rings. The van der Waals surface area contributed by atoms with E-state index < -0.39 is 0 Å². The summed E-state index contributed by atoms with van der Waals surface area (Å²) in [4.78, 5) is 20.3. The second-order valence-electron chi connectivity index (χ2n) is 5.41. The van der Waals surface area contributed by atoms with E-state index in [0.29, 0.717) is 18.1 Å². The van der Waals surface area contributed by atoms with E-state index in [1.165, 1.54) is 11.1 Å². The molecule has 0 radical (unpaired) electrons. The van der Waals surface area contributed by atoms with Gasteiger partial charge in [0.15, 0.2) is 0 Å². The van der Waals surface area contributed by atoms with Gasteiger partial charge in [0.1, 0.15) is 0 Å². The van der Waals surface area contributed by atoms with Crippen molar-refractivity contribution in [2.24, 2.45) is 0 Å². The topological polar surface area (TPSA) is 66.9 Å². The molecule has 0 spiro atoms. The molecule has 5 nitrogen and oxygen atoms in total. The van der Waals surface area contributed by atoms with Gasteiger partial charge in [0.05, 0.1) is 5.56 Å². The van der Waals surface area contributed by atoms with Crippen molar-refractivity contribution >= 4 is 17.5 Å². The van der Waals surface area contributed by atoms with Gasteiger partial charge in [-0.15, -0.1) is 0 Å². The molecular formula is C17H22N4O. The fourth-order valence-electron chi connectivity index (χ4n) is 2.17. The van der Waals surface area contributed by atoms with Crippen LogP contribution in [0, 0.1) is 13.8 Å². The van der Waals surface area contributed by atoms with Gasteiger partial charge in [-0.2, -0.15) is 0 Å². The van der Waals surface area contributed by atoms with Crippen LogP contribution >= 0.6 is 0 Å². The Morgan fingerprint density at radius 1 is 1.09 bits per heavy atom. The Morgan fingerprint density at radius 2 is 1.73 bits per heavy atom. The molecule has 2 rings (SSSR count). The average molecular weight is 298 g/mol. The first-order valence-electron chi connectivity index (χ1n) is 7.54. The van der Waals surface area contributed by atoms with Gasteiger partial charge in [-0.3, -0.25) is 4.79 Å². The quantitative estimate of drug-likeness (QED) is 0.802. The second kappa shape index (κ2) is 7.54. The Morgan fingerprint density at radius 3 is 2.32 bits per heavy atom. The summed E-state index contributed by atoms with van der Waals surface area (Å²) in [7, 11) is 0. The fourth-order valence-corrected chi connectivity index (χ4v) is 2.17. The Bertz CT molecular complexity index is 617. The molecular weight excluding hydrogens is 276 g/mol. The third kappa shape index (κ3) is 4.55. The van der Waals surface area contributed by atoms with Crippen LogP contribution in [0.2, 0.25) is 0 Å². The number of benzene rings is 1. The number of hydrogen-bond donors (Lipinski definition) is 2. The van der Waals surface area contributed by atoms with Gasteiger partial charge >= 0.3 is 0 Å². The Balaban J connectivity index is 2.01. The van der Waals surface area contributed by atoms with E-state index in [0.717, 1.165) is 18.5 Å². The van der Waals surface area contributed by atoms with Crippen LogP contribution < -0.4 is 10.6 Å². The molecule has 0 saturated carbocycles. The first kappa shape index (κ1) is 15.9. The van der Waals surface area contributed by atoms with Crippen LogP contribution in [0.4, 0.5) is 11.6 Å². The van der Waals surface area contributed by atoms with Crippen molar-refractivity contribution in [3.63, 3.8) is 0 Å². The molecule has 5 heteroatoms. The number of nitrogens with one attached hydrogen (secondary N) is 2. The molecule has 0 unspecified atom stereocenters. The molecule has 2 aromatic rings. The third-order valence-corrected chi connectivity index (χ3v) is 3.21. The minimum atomic E-state index is -0.133. The lowest BCUT2D eigenvalue weighted by atomic mass is 10.1. The predicted octanol–water partition coefficient (Wildman–Crippen LogP) is 3.37. The number of carbonyl (C=O) groups excluding carboxylic acids is 1. The minimum absolute atomic E-state index is 0.133. The van der Waals surface area contributed by atoms with Gasteiger partial charge in [0.25, 0.3) is 5.91 Å². The lowest BCUT2D eigenvalue weighted by Gasteiger charge is -2.08. The van der Waals surface area contributed by atoms with E-state index in [9.17, 15) is 4.79 Å². The smallest absolute Gasteiger partial charge is 0.254 e. The largest absolute Gasteiger partial charge is 0.352 e. The van der Waals surface area contributed by atoms with Gasteiger partial charge in [-0.1, -0.05) is 19.4 Å². The molecule has 1 amide bonds. The Kier molecular flexibility index (Phi) is 5.47. The highest BCUT2D eigenvalue weighted by molar-refractivity contribution is 5.93. The third-order valence-electron chi connectivity index (χ3n) is 3.21. The molecule has 0 aliphatic heterocycles. The molecule has 0 bridgehead atoms. The summed E-state index contributed by atoms with van der Waals surface area (Å²) in [6, 6.07) is 6.17. The van der Waals surface area contributed by atoms with Crippen LogP contribution in [-0.2, 0) is 0 Å². The maximum atomic E-state index is 11.9. The van der Waals surface area contributed by atoms with Crippen LogP contribution in [0.3, 0.4) is 0 Å². The van der Waals surface area contributed by atoms with Crippen LogP contribution in [0.15, 0.2) is 30.6 Å². The van der Waals surface area contributed by atoms with Crippen LogP contribution in [0.1, 0.15) is 41.3 Å². The zero-order valence-corrected chi connectivity index (χ0v) is 13.3. The zero-order chi connectivity index (χ0) is 15.9. The molecule has 0 aliphatic rings. The molecule has 1 heterocycles. The van der Waals surface area contributed by atoms with Crippen molar-refractivity contribution in [2.45, 2.75) is 33.6 Å². The number of aryl methyl sites for hydroxylation is 2. The summed E-state index contributed by atoms with van der Waals surface area (Å²) in [6.07, 6.45) is 5.10. The maximum absolute atomic E-state index is 11.9. The number of carbonyl (C=O) groups is 1. The van der Waals surface area contributed by atoms with Crippen molar-refractivity contribution in [2.75, 3.05) is 11.9 Å². The SMILES string of the molecule is CCCCNC(=O)c1cnc(Nc2cc(C)cc(C)c2)nc1. The number of nitrogens with zero attached hydrogens (tertiary/aromatic N) is 2. The summed E-state index contributed by atoms with van der Waals surface area (Å²) in [5.74, 6) is 0.349. The van der Waals surface area contributed by atoms with E-state index >= 15 is 0 Å². The molecule has 116 valence electrons. The molecule has 1 aromatic heterocycles. The van der Waals surface area contributed by atoms with E-state index in [2.05, 4.69) is 33.6 Å². The summed E-state index contributed by atoms with van der Waals surface area (Å²) in [5.41, 5.74) is 3.77. The van der Waals surface area contributed by atoms with Gasteiger partial charge in [0, 0.05) is 24.6 Å². The summed E-state index contributed by atoms with van der Waals surface area (Å²) in [6.45, 7) is 6.85.